The van der Waals surface area contributed by atoms with Gasteiger partial charge in [0.25, 0.3) is 5.91 Å². The molecule has 0 unspecified atom stereocenters. The molecule has 1 heterocycles. The van der Waals surface area contributed by atoms with E-state index in [2.05, 4.69) is 4.90 Å². The molecule has 4 aromatic carbocycles. The van der Waals surface area contributed by atoms with Crippen molar-refractivity contribution < 1.29 is 24.5 Å². The number of rotatable bonds is 8. The van der Waals surface area contributed by atoms with Gasteiger partial charge in [0.2, 0.25) is 0 Å². The van der Waals surface area contributed by atoms with Crippen LogP contribution < -0.4 is 9.47 Å². The lowest BCUT2D eigenvalue weighted by atomic mass is 9.97. The van der Waals surface area contributed by atoms with Gasteiger partial charge in [-0.1, -0.05) is 18.6 Å². The van der Waals surface area contributed by atoms with Crippen LogP contribution in [0, 0.1) is 0 Å². The fraction of sp³-hybridized carbons (Fsp3) is 0.281. The second-order valence-electron chi connectivity index (χ2n) is 10.1. The number of carbonyl (C=O) groups excluding carboxylic acids is 1. The summed E-state index contributed by atoms with van der Waals surface area (Å²) in [6.07, 6.45) is 3.85. The van der Waals surface area contributed by atoms with Crippen LogP contribution in [0.5, 0.6) is 28.7 Å². The van der Waals surface area contributed by atoms with Gasteiger partial charge in [-0.05, 0) is 97.5 Å². The Bertz CT molecular complexity index is 1470. The van der Waals surface area contributed by atoms with E-state index in [1.165, 1.54) is 30.2 Å². The van der Waals surface area contributed by atoms with Gasteiger partial charge in [0, 0.05) is 31.6 Å². The van der Waals surface area contributed by atoms with E-state index < -0.39 is 0 Å². The van der Waals surface area contributed by atoms with E-state index in [0.29, 0.717) is 18.1 Å². The third-order valence-corrected chi connectivity index (χ3v) is 7.07. The number of hydrogen-bond acceptors (Lipinski definition) is 6. The Morgan fingerprint density at radius 1 is 0.875 bits per heavy atom. The molecule has 1 aliphatic heterocycles. The molecule has 0 aromatic heterocycles. The minimum Gasteiger partial charge on any atom is -0.508 e. The van der Waals surface area contributed by atoms with Gasteiger partial charge in [0.15, 0.2) is 0 Å². The van der Waals surface area contributed by atoms with Crippen molar-refractivity contribution in [2.45, 2.75) is 19.3 Å². The Labute approximate surface area is 241 Å². The molecule has 4 aromatic rings. The van der Waals surface area contributed by atoms with Gasteiger partial charge in [-0.15, -0.1) is 12.4 Å². The topological polar surface area (TPSA) is 82.5 Å². The van der Waals surface area contributed by atoms with E-state index in [9.17, 15) is 15.0 Å². The summed E-state index contributed by atoms with van der Waals surface area (Å²) in [4.78, 5) is 16.5. The lowest BCUT2D eigenvalue weighted by molar-refractivity contribution is 0.0824. The number of phenols is 2. The number of phenolic OH excluding ortho intramolecular Hbond substituents is 2. The Balaban J connectivity index is 0.00000370. The van der Waals surface area contributed by atoms with Gasteiger partial charge in [-0.2, -0.15) is 0 Å². The van der Waals surface area contributed by atoms with Gasteiger partial charge in [-0.3, -0.25) is 9.69 Å². The molecule has 0 saturated carbocycles. The minimum atomic E-state index is -0.293. The van der Waals surface area contributed by atoms with Crippen molar-refractivity contribution in [3.63, 3.8) is 0 Å². The van der Waals surface area contributed by atoms with E-state index in [1.54, 1.807) is 38.4 Å². The summed E-state index contributed by atoms with van der Waals surface area (Å²) in [5.74, 6) is 1.78. The van der Waals surface area contributed by atoms with Crippen molar-refractivity contribution in [2.75, 3.05) is 40.3 Å². The number of amides is 1. The molecule has 40 heavy (non-hydrogen) atoms. The number of halogens is 1. The van der Waals surface area contributed by atoms with Crippen molar-refractivity contribution >= 4 is 29.1 Å². The molecule has 0 atom stereocenters. The van der Waals surface area contributed by atoms with Crippen LogP contribution in [0.2, 0.25) is 0 Å². The number of ether oxygens (including phenoxy) is 2. The minimum absolute atomic E-state index is 0. The van der Waals surface area contributed by atoms with Crippen molar-refractivity contribution in [3.05, 3.63) is 78.4 Å². The van der Waals surface area contributed by atoms with Crippen LogP contribution in [-0.2, 0) is 0 Å². The van der Waals surface area contributed by atoms with E-state index >= 15 is 0 Å². The SMILES string of the molecule is CN(C)C(=O)c1cc(-c2ccc3cc(O)ccc3c2Oc2ccc(OCCN3CCCCC3)cc2)ccc1O.Cl. The molecule has 1 aliphatic rings. The summed E-state index contributed by atoms with van der Waals surface area (Å²) >= 11 is 0. The lowest BCUT2D eigenvalue weighted by Gasteiger charge is -2.26. The standard InChI is InChI=1S/C32H34N2O5.ClH/c1-33(2)32(37)29-21-23(7-15-30(29)36)27-13-6-22-20-24(35)8-14-28(22)31(27)39-26-11-9-25(10-12-26)38-19-18-34-16-4-3-5-17-34;/h6-15,20-21,35-36H,3-5,16-19H2,1-2H3;1H. The molecule has 0 bridgehead atoms. The first-order valence-electron chi connectivity index (χ1n) is 13.3. The molecule has 0 radical (unpaired) electrons. The molecule has 8 heteroatoms. The van der Waals surface area contributed by atoms with Crippen LogP contribution in [0.25, 0.3) is 21.9 Å². The molecule has 7 nitrogen and oxygen atoms in total. The van der Waals surface area contributed by atoms with E-state index in [0.717, 1.165) is 47.3 Å². The fourth-order valence-corrected chi connectivity index (χ4v) is 4.94. The smallest absolute Gasteiger partial charge is 0.257 e. The van der Waals surface area contributed by atoms with E-state index in [4.69, 9.17) is 9.47 Å². The second kappa shape index (κ2) is 12.9. The first kappa shape index (κ1) is 29.1. The van der Waals surface area contributed by atoms with Crippen LogP contribution in [0.15, 0.2) is 72.8 Å². The first-order valence-corrected chi connectivity index (χ1v) is 13.3. The highest BCUT2D eigenvalue weighted by atomic mass is 35.5. The number of likely N-dealkylation sites (tertiary alicyclic amines) is 1. The third kappa shape index (κ3) is 6.61. The molecule has 210 valence electrons. The monoisotopic (exact) mass is 562 g/mol. The van der Waals surface area contributed by atoms with Crippen LogP contribution in [0.1, 0.15) is 29.6 Å². The van der Waals surface area contributed by atoms with Crippen LogP contribution in [0.3, 0.4) is 0 Å². The Morgan fingerprint density at radius 2 is 1.60 bits per heavy atom. The predicted octanol–water partition coefficient (Wildman–Crippen LogP) is 6.70. The molecule has 5 rings (SSSR count). The highest BCUT2D eigenvalue weighted by Gasteiger charge is 2.18. The van der Waals surface area contributed by atoms with Gasteiger partial charge in [0.05, 0.1) is 5.56 Å². The maximum absolute atomic E-state index is 12.7. The van der Waals surface area contributed by atoms with Crippen LogP contribution in [-0.4, -0.2) is 66.3 Å². The molecule has 1 saturated heterocycles. The number of aromatic hydroxyl groups is 2. The number of piperidine rings is 1. The summed E-state index contributed by atoms with van der Waals surface area (Å²) in [6, 6.07) is 21.4. The van der Waals surface area contributed by atoms with Crippen LogP contribution >= 0.6 is 12.4 Å². The van der Waals surface area contributed by atoms with Crippen molar-refractivity contribution in [2.24, 2.45) is 0 Å². The Morgan fingerprint density at radius 3 is 2.33 bits per heavy atom. The van der Waals surface area contributed by atoms with Gasteiger partial charge in [-0.25, -0.2) is 0 Å². The highest BCUT2D eigenvalue weighted by Crippen LogP contribution is 2.41. The number of carbonyl (C=O) groups is 1. The summed E-state index contributed by atoms with van der Waals surface area (Å²) in [5.41, 5.74) is 1.68. The average molecular weight is 563 g/mol. The lowest BCUT2D eigenvalue weighted by Crippen LogP contribution is -2.33. The fourth-order valence-electron chi connectivity index (χ4n) is 4.94. The zero-order chi connectivity index (χ0) is 27.4. The third-order valence-electron chi connectivity index (χ3n) is 7.07. The van der Waals surface area contributed by atoms with Crippen molar-refractivity contribution in [1.82, 2.24) is 9.80 Å². The molecular weight excluding hydrogens is 528 g/mol. The number of benzene rings is 4. The highest BCUT2D eigenvalue weighted by molar-refractivity contribution is 6.00. The average Bonchev–Trinajstić information content (AvgIpc) is 2.94. The Kier molecular flexibility index (Phi) is 9.40. The Hall–Kier alpha value is -3.94. The number of hydrogen-bond donors (Lipinski definition) is 2. The van der Waals surface area contributed by atoms with Crippen LogP contribution in [0.4, 0.5) is 0 Å². The molecule has 1 fully saturated rings. The van der Waals surface area contributed by atoms with Gasteiger partial charge in [0.1, 0.15) is 35.4 Å². The zero-order valence-electron chi connectivity index (χ0n) is 22.8. The molecule has 2 N–H and O–H groups in total. The number of nitrogens with zero attached hydrogens (tertiary/aromatic N) is 2. The molecule has 0 spiro atoms. The maximum atomic E-state index is 12.7. The maximum Gasteiger partial charge on any atom is 0.257 e. The van der Waals surface area contributed by atoms with Gasteiger partial charge >= 0.3 is 0 Å². The van der Waals surface area contributed by atoms with Crippen molar-refractivity contribution in [3.8, 4) is 39.9 Å². The molecule has 0 aliphatic carbocycles. The normalized spacial score (nSPS) is 13.4. The summed E-state index contributed by atoms with van der Waals surface area (Å²) in [7, 11) is 3.29. The van der Waals surface area contributed by atoms with Crippen molar-refractivity contribution in [1.29, 1.82) is 0 Å². The zero-order valence-corrected chi connectivity index (χ0v) is 23.6. The van der Waals surface area contributed by atoms with Gasteiger partial charge < -0.3 is 24.6 Å². The van der Waals surface area contributed by atoms with E-state index in [-0.39, 0.29) is 35.4 Å². The molecular formula is C32H35ClN2O5. The molecule has 1 amide bonds. The second-order valence-corrected chi connectivity index (χ2v) is 10.1. The quantitative estimate of drug-likeness (QED) is 0.249. The number of fused-ring (bicyclic) bond motifs is 1. The summed E-state index contributed by atoms with van der Waals surface area (Å²) in [5, 5.41) is 22.0. The first-order chi connectivity index (χ1) is 18.9. The van der Waals surface area contributed by atoms with E-state index in [1.807, 2.05) is 42.5 Å². The predicted molar refractivity (Wildman–Crippen MR) is 160 cm³/mol. The largest absolute Gasteiger partial charge is 0.508 e. The summed E-state index contributed by atoms with van der Waals surface area (Å²) < 4.78 is 12.4. The summed E-state index contributed by atoms with van der Waals surface area (Å²) in [6.45, 7) is 3.86.